The minimum absolute atomic E-state index is 0.195. The van der Waals surface area contributed by atoms with E-state index in [1.807, 2.05) is 87.5 Å². The van der Waals surface area contributed by atoms with E-state index in [4.69, 9.17) is 35.9 Å². The third kappa shape index (κ3) is 7.58. The summed E-state index contributed by atoms with van der Waals surface area (Å²) in [5.74, 6) is 2.69. The van der Waals surface area contributed by atoms with Crippen molar-refractivity contribution in [3.05, 3.63) is 129 Å². The monoisotopic (exact) mass is 649 g/mol. The van der Waals surface area contributed by atoms with Gasteiger partial charge < -0.3 is 14.2 Å². The van der Waals surface area contributed by atoms with Crippen LogP contribution in [0.2, 0.25) is 5.02 Å². The van der Waals surface area contributed by atoms with Gasteiger partial charge in [0.25, 0.3) is 5.56 Å². The fraction of sp³-hybridized carbons (Fsp3) is 0.256. The Hall–Kier alpha value is -4.88. The Kier molecular flexibility index (Phi) is 10.8. The molecular formula is C39H40ClN3O4. The second-order valence-electron chi connectivity index (χ2n) is 11.5. The van der Waals surface area contributed by atoms with Gasteiger partial charge in [0.1, 0.15) is 12.4 Å². The van der Waals surface area contributed by atoms with Gasteiger partial charge in [-0.25, -0.2) is 4.98 Å². The van der Waals surface area contributed by atoms with Crippen LogP contribution in [0.3, 0.4) is 0 Å². The second-order valence-corrected chi connectivity index (χ2v) is 11.9. The van der Waals surface area contributed by atoms with E-state index in [2.05, 4.69) is 26.5 Å². The first kappa shape index (κ1) is 33.5. The molecule has 4 aromatic carbocycles. The standard InChI is InChI=1S/C39H40ClN3O4/c1-7-12-29-20-28(21-36(46-9-3)37(29)47-24-27-15-17-30(40)18-16-27)23-41-43-38(42-34-14-11-10-13-31(34)39(43)44)33-22-32(25(4)5)35(45-8-2)19-26(33)6/h7,10-11,13-23,25H,1,8-9,12,24H2,2-6H3. The topological polar surface area (TPSA) is 74.9 Å². The summed E-state index contributed by atoms with van der Waals surface area (Å²) in [7, 11) is 0. The molecule has 47 heavy (non-hydrogen) atoms. The summed E-state index contributed by atoms with van der Waals surface area (Å²) >= 11 is 6.07. The van der Waals surface area contributed by atoms with Gasteiger partial charge in [-0.05, 0) is 104 Å². The lowest BCUT2D eigenvalue weighted by molar-refractivity contribution is 0.267. The molecule has 1 aromatic heterocycles. The van der Waals surface area contributed by atoms with E-state index in [-0.39, 0.29) is 11.5 Å². The van der Waals surface area contributed by atoms with Crippen molar-refractivity contribution in [1.82, 2.24) is 9.66 Å². The first-order chi connectivity index (χ1) is 22.7. The summed E-state index contributed by atoms with van der Waals surface area (Å²) in [6.07, 6.45) is 4.02. The molecule has 0 saturated heterocycles. The Morgan fingerprint density at radius 2 is 1.68 bits per heavy atom. The third-order valence-electron chi connectivity index (χ3n) is 7.71. The summed E-state index contributed by atoms with van der Waals surface area (Å²) in [6.45, 7) is 15.4. The van der Waals surface area contributed by atoms with E-state index in [1.165, 1.54) is 4.68 Å². The number of hydrogen-bond acceptors (Lipinski definition) is 6. The summed E-state index contributed by atoms with van der Waals surface area (Å²) in [4.78, 5) is 19.0. The van der Waals surface area contributed by atoms with Crippen molar-refractivity contribution in [2.75, 3.05) is 13.2 Å². The lowest BCUT2D eigenvalue weighted by atomic mass is 9.96. The van der Waals surface area contributed by atoms with Crippen LogP contribution in [-0.4, -0.2) is 29.1 Å². The molecule has 0 aliphatic rings. The number of fused-ring (bicyclic) bond motifs is 1. The van der Waals surface area contributed by atoms with Crippen molar-refractivity contribution in [3.8, 4) is 28.6 Å². The summed E-state index contributed by atoms with van der Waals surface area (Å²) in [5, 5.41) is 5.91. The first-order valence-corrected chi connectivity index (χ1v) is 16.2. The van der Waals surface area contributed by atoms with E-state index in [9.17, 15) is 4.79 Å². The van der Waals surface area contributed by atoms with Crippen LogP contribution in [0.5, 0.6) is 17.2 Å². The SMILES string of the molecule is C=CCc1cc(C=Nn2c(-c3cc(C(C)C)c(OCC)cc3C)nc3ccccc3c2=O)cc(OCC)c1OCc1ccc(Cl)cc1. The molecule has 8 heteroatoms. The Morgan fingerprint density at radius 1 is 0.957 bits per heavy atom. The molecule has 0 spiro atoms. The molecule has 7 nitrogen and oxygen atoms in total. The largest absolute Gasteiger partial charge is 0.494 e. The van der Waals surface area contributed by atoms with Crippen molar-refractivity contribution >= 4 is 28.7 Å². The van der Waals surface area contributed by atoms with E-state index in [0.717, 1.165) is 39.1 Å². The number of ether oxygens (including phenoxy) is 3. The van der Waals surface area contributed by atoms with Crippen molar-refractivity contribution in [1.29, 1.82) is 0 Å². The highest BCUT2D eigenvalue weighted by atomic mass is 35.5. The average Bonchev–Trinajstić information content (AvgIpc) is 3.05. The molecule has 0 fully saturated rings. The predicted octanol–water partition coefficient (Wildman–Crippen LogP) is 9.14. The highest BCUT2D eigenvalue weighted by molar-refractivity contribution is 6.30. The quantitative estimate of drug-likeness (QED) is 0.0939. The van der Waals surface area contributed by atoms with Gasteiger partial charge in [-0.15, -0.1) is 6.58 Å². The highest BCUT2D eigenvalue weighted by Gasteiger charge is 2.19. The number of hydrogen-bond donors (Lipinski definition) is 0. The molecule has 5 aromatic rings. The van der Waals surface area contributed by atoms with Crippen LogP contribution < -0.4 is 19.8 Å². The fourth-order valence-electron chi connectivity index (χ4n) is 5.43. The van der Waals surface area contributed by atoms with Crippen LogP contribution in [0, 0.1) is 6.92 Å². The van der Waals surface area contributed by atoms with Crippen LogP contribution >= 0.6 is 11.6 Å². The Labute approximate surface area is 281 Å². The molecule has 242 valence electrons. The number of halogens is 1. The van der Waals surface area contributed by atoms with Crippen LogP contribution in [-0.2, 0) is 13.0 Å². The van der Waals surface area contributed by atoms with Gasteiger partial charge in [-0.2, -0.15) is 9.78 Å². The number of benzene rings is 4. The maximum atomic E-state index is 14.0. The van der Waals surface area contributed by atoms with Gasteiger partial charge in [-0.3, -0.25) is 4.79 Å². The van der Waals surface area contributed by atoms with Crippen LogP contribution in [0.1, 0.15) is 61.4 Å². The molecule has 0 aliphatic heterocycles. The summed E-state index contributed by atoms with van der Waals surface area (Å²) in [6, 6.07) is 22.8. The molecule has 0 radical (unpaired) electrons. The van der Waals surface area contributed by atoms with Gasteiger partial charge in [-0.1, -0.05) is 55.8 Å². The van der Waals surface area contributed by atoms with Gasteiger partial charge in [0.2, 0.25) is 0 Å². The molecule has 0 unspecified atom stereocenters. The fourth-order valence-corrected chi connectivity index (χ4v) is 5.55. The Morgan fingerprint density at radius 3 is 2.38 bits per heavy atom. The maximum Gasteiger partial charge on any atom is 0.282 e. The van der Waals surface area contributed by atoms with E-state index < -0.39 is 0 Å². The zero-order valence-electron chi connectivity index (χ0n) is 27.5. The smallest absolute Gasteiger partial charge is 0.282 e. The number of rotatable bonds is 13. The molecule has 0 amide bonds. The molecule has 0 bridgehead atoms. The molecule has 1 heterocycles. The molecule has 5 rings (SSSR count). The number of nitrogens with zero attached hydrogens (tertiary/aromatic N) is 3. The number of para-hydroxylation sites is 1. The van der Waals surface area contributed by atoms with Gasteiger partial charge in [0.15, 0.2) is 17.3 Å². The zero-order valence-corrected chi connectivity index (χ0v) is 28.3. The molecule has 0 N–H and O–H groups in total. The summed E-state index contributed by atoms with van der Waals surface area (Å²) < 4.78 is 19.7. The van der Waals surface area contributed by atoms with Crippen LogP contribution in [0.15, 0.2) is 95.3 Å². The van der Waals surface area contributed by atoms with E-state index in [1.54, 1.807) is 12.3 Å². The van der Waals surface area contributed by atoms with Gasteiger partial charge >= 0.3 is 0 Å². The van der Waals surface area contributed by atoms with Crippen molar-refractivity contribution < 1.29 is 14.2 Å². The van der Waals surface area contributed by atoms with E-state index in [0.29, 0.717) is 59.5 Å². The Bertz CT molecular complexity index is 1980. The number of aromatic nitrogens is 2. The number of allylic oxidation sites excluding steroid dienone is 1. The number of aryl methyl sites for hydroxylation is 1. The third-order valence-corrected chi connectivity index (χ3v) is 7.96. The maximum absolute atomic E-state index is 14.0. The summed E-state index contributed by atoms with van der Waals surface area (Å²) in [5.41, 5.74) is 5.72. The predicted molar refractivity (Wildman–Crippen MR) is 192 cm³/mol. The van der Waals surface area contributed by atoms with Gasteiger partial charge in [0, 0.05) is 16.1 Å². The minimum Gasteiger partial charge on any atom is -0.494 e. The van der Waals surface area contributed by atoms with Crippen molar-refractivity contribution in [2.45, 2.75) is 53.6 Å². The lowest BCUT2D eigenvalue weighted by Gasteiger charge is -2.18. The first-order valence-electron chi connectivity index (χ1n) is 15.9. The molecule has 0 atom stereocenters. The average molecular weight is 650 g/mol. The normalized spacial score (nSPS) is 11.4. The van der Waals surface area contributed by atoms with Crippen molar-refractivity contribution in [3.63, 3.8) is 0 Å². The molecule has 0 saturated carbocycles. The van der Waals surface area contributed by atoms with Crippen LogP contribution in [0.25, 0.3) is 22.3 Å². The van der Waals surface area contributed by atoms with Crippen LogP contribution in [0.4, 0.5) is 0 Å². The lowest BCUT2D eigenvalue weighted by Crippen LogP contribution is -2.21. The Balaban J connectivity index is 1.63. The van der Waals surface area contributed by atoms with Gasteiger partial charge in [0.05, 0.1) is 30.3 Å². The molecule has 0 aliphatic carbocycles. The van der Waals surface area contributed by atoms with E-state index >= 15 is 0 Å². The highest BCUT2D eigenvalue weighted by Crippen LogP contribution is 2.36. The minimum atomic E-state index is -0.263. The van der Waals surface area contributed by atoms with Crippen molar-refractivity contribution in [2.24, 2.45) is 5.10 Å². The zero-order chi connectivity index (χ0) is 33.5. The molecular weight excluding hydrogens is 610 g/mol. The second kappa shape index (κ2) is 15.1.